The van der Waals surface area contributed by atoms with Gasteiger partial charge in [-0.3, -0.25) is 4.79 Å². The van der Waals surface area contributed by atoms with E-state index in [0.29, 0.717) is 19.0 Å². The summed E-state index contributed by atoms with van der Waals surface area (Å²) >= 11 is 0. The van der Waals surface area contributed by atoms with E-state index in [1.54, 1.807) is 0 Å². The molecule has 0 radical (unpaired) electrons. The van der Waals surface area contributed by atoms with Gasteiger partial charge in [-0.2, -0.15) is 17.0 Å². The van der Waals surface area contributed by atoms with Gasteiger partial charge in [0.15, 0.2) is 0 Å². The van der Waals surface area contributed by atoms with E-state index >= 15 is 0 Å². The Bertz CT molecular complexity index is 399. The number of rotatable bonds is 6. The van der Waals surface area contributed by atoms with Crippen LogP contribution in [-0.2, 0) is 15.0 Å². The van der Waals surface area contributed by atoms with Gasteiger partial charge in [-0.15, -0.1) is 6.58 Å². The van der Waals surface area contributed by atoms with Crippen LogP contribution in [0.25, 0.3) is 0 Å². The van der Waals surface area contributed by atoms with Crippen LogP contribution in [-0.4, -0.2) is 54.3 Å². The molecule has 1 heterocycles. The van der Waals surface area contributed by atoms with E-state index in [9.17, 15) is 13.2 Å². The molecule has 0 amide bonds. The number of hydrogen-bond acceptors (Lipinski definition) is 3. The number of aliphatic carboxylic acids is 1. The summed E-state index contributed by atoms with van der Waals surface area (Å²) in [5.74, 6) is -0.644. The van der Waals surface area contributed by atoms with E-state index < -0.39 is 22.7 Å². The number of nitrogens with zero attached hydrogens (tertiary/aromatic N) is 2. The predicted molar refractivity (Wildman–Crippen MR) is 68.3 cm³/mol. The Balaban J connectivity index is 2.80. The molecule has 0 aliphatic carbocycles. The SMILES string of the molecule is C=CCN(CC(=O)O)S(=O)(=O)N1CCC(C)CC1. The molecular weight excluding hydrogens is 256 g/mol. The van der Waals surface area contributed by atoms with Crippen LogP contribution >= 0.6 is 0 Å². The van der Waals surface area contributed by atoms with E-state index in [1.807, 2.05) is 0 Å². The zero-order valence-electron chi connectivity index (χ0n) is 10.6. The van der Waals surface area contributed by atoms with Gasteiger partial charge in [0.05, 0.1) is 0 Å². The summed E-state index contributed by atoms with van der Waals surface area (Å²) in [5, 5.41) is 8.76. The normalized spacial score (nSPS) is 19.0. The summed E-state index contributed by atoms with van der Waals surface area (Å²) in [4.78, 5) is 10.7. The average Bonchev–Trinajstić information content (AvgIpc) is 2.28. The molecule has 0 atom stereocenters. The highest BCUT2D eigenvalue weighted by Gasteiger charge is 2.32. The lowest BCUT2D eigenvalue weighted by atomic mass is 10.0. The second-order valence-corrected chi connectivity index (χ2v) is 6.49. The maximum absolute atomic E-state index is 12.3. The summed E-state index contributed by atoms with van der Waals surface area (Å²) in [7, 11) is -3.69. The van der Waals surface area contributed by atoms with Crippen molar-refractivity contribution in [3.63, 3.8) is 0 Å². The van der Waals surface area contributed by atoms with Gasteiger partial charge in [-0.05, 0) is 18.8 Å². The first-order chi connectivity index (χ1) is 8.37. The molecule has 7 heteroatoms. The smallest absolute Gasteiger partial charge is 0.318 e. The lowest BCUT2D eigenvalue weighted by Gasteiger charge is -2.33. The maximum Gasteiger partial charge on any atom is 0.318 e. The third-order valence-corrected chi connectivity index (χ3v) is 4.99. The van der Waals surface area contributed by atoms with E-state index in [4.69, 9.17) is 5.11 Å². The van der Waals surface area contributed by atoms with Gasteiger partial charge in [-0.25, -0.2) is 0 Å². The largest absolute Gasteiger partial charge is 0.480 e. The first-order valence-corrected chi connectivity index (χ1v) is 7.35. The molecule has 104 valence electrons. The molecular formula is C11H20N2O4S. The molecule has 0 aromatic rings. The Morgan fingerprint density at radius 3 is 2.50 bits per heavy atom. The summed E-state index contributed by atoms with van der Waals surface area (Å²) < 4.78 is 26.8. The van der Waals surface area contributed by atoms with Crippen molar-refractivity contribution in [2.75, 3.05) is 26.2 Å². The lowest BCUT2D eigenvalue weighted by Crippen LogP contribution is -2.48. The molecule has 0 bridgehead atoms. The van der Waals surface area contributed by atoms with Crippen molar-refractivity contribution in [2.24, 2.45) is 5.92 Å². The summed E-state index contributed by atoms with van der Waals surface area (Å²) in [6.07, 6.45) is 3.02. The van der Waals surface area contributed by atoms with E-state index in [2.05, 4.69) is 13.5 Å². The van der Waals surface area contributed by atoms with Gasteiger partial charge in [0, 0.05) is 19.6 Å². The van der Waals surface area contributed by atoms with Crippen LogP contribution in [0.4, 0.5) is 0 Å². The molecule has 1 aliphatic rings. The Kier molecular flexibility index (Phi) is 5.30. The van der Waals surface area contributed by atoms with Crippen molar-refractivity contribution in [1.82, 2.24) is 8.61 Å². The van der Waals surface area contributed by atoms with Crippen molar-refractivity contribution in [3.8, 4) is 0 Å². The molecule has 1 saturated heterocycles. The molecule has 0 spiro atoms. The monoisotopic (exact) mass is 276 g/mol. The predicted octanol–water partition coefficient (Wildman–Crippen LogP) is 0.536. The Hall–Kier alpha value is -0.920. The summed E-state index contributed by atoms with van der Waals surface area (Å²) in [6, 6.07) is 0. The fraction of sp³-hybridized carbons (Fsp3) is 0.727. The van der Waals surface area contributed by atoms with E-state index in [1.165, 1.54) is 10.4 Å². The fourth-order valence-corrected chi connectivity index (χ4v) is 3.48. The molecule has 1 fully saturated rings. The minimum atomic E-state index is -3.69. The molecule has 18 heavy (non-hydrogen) atoms. The van der Waals surface area contributed by atoms with Gasteiger partial charge in [-0.1, -0.05) is 13.0 Å². The zero-order chi connectivity index (χ0) is 13.8. The molecule has 1 rings (SSSR count). The quantitative estimate of drug-likeness (QED) is 0.718. The van der Waals surface area contributed by atoms with Crippen LogP contribution in [0.15, 0.2) is 12.7 Å². The fourth-order valence-electron chi connectivity index (χ4n) is 1.91. The Labute approximate surface area is 108 Å². The highest BCUT2D eigenvalue weighted by atomic mass is 32.2. The van der Waals surface area contributed by atoms with Crippen molar-refractivity contribution in [3.05, 3.63) is 12.7 Å². The van der Waals surface area contributed by atoms with Crippen molar-refractivity contribution in [2.45, 2.75) is 19.8 Å². The van der Waals surface area contributed by atoms with Crippen LogP contribution < -0.4 is 0 Å². The molecule has 0 aromatic heterocycles. The molecule has 6 nitrogen and oxygen atoms in total. The van der Waals surface area contributed by atoms with Crippen LogP contribution in [0.5, 0.6) is 0 Å². The van der Waals surface area contributed by atoms with Crippen molar-refractivity contribution < 1.29 is 18.3 Å². The van der Waals surface area contributed by atoms with Crippen LogP contribution in [0, 0.1) is 5.92 Å². The van der Waals surface area contributed by atoms with Crippen molar-refractivity contribution in [1.29, 1.82) is 0 Å². The van der Waals surface area contributed by atoms with Gasteiger partial charge in [0.2, 0.25) is 0 Å². The second kappa shape index (κ2) is 6.31. The Morgan fingerprint density at radius 1 is 1.50 bits per heavy atom. The average molecular weight is 276 g/mol. The Morgan fingerprint density at radius 2 is 2.06 bits per heavy atom. The first kappa shape index (κ1) is 15.1. The number of carbonyl (C=O) groups is 1. The lowest BCUT2D eigenvalue weighted by molar-refractivity contribution is -0.137. The van der Waals surface area contributed by atoms with Crippen LogP contribution in [0.1, 0.15) is 19.8 Å². The highest BCUT2D eigenvalue weighted by molar-refractivity contribution is 7.86. The van der Waals surface area contributed by atoms with Gasteiger partial charge >= 0.3 is 5.97 Å². The second-order valence-electron chi connectivity index (χ2n) is 4.56. The van der Waals surface area contributed by atoms with Gasteiger partial charge in [0.25, 0.3) is 10.2 Å². The molecule has 0 saturated carbocycles. The van der Waals surface area contributed by atoms with E-state index in [-0.39, 0.29) is 6.54 Å². The molecule has 1 N–H and O–H groups in total. The first-order valence-electron chi connectivity index (χ1n) is 5.96. The standard InChI is InChI=1S/C11H20N2O4S/c1-3-6-13(9-11(14)15)18(16,17)12-7-4-10(2)5-8-12/h3,10H,1,4-9H2,2H3,(H,14,15). The highest BCUT2D eigenvalue weighted by Crippen LogP contribution is 2.20. The van der Waals surface area contributed by atoms with Crippen LogP contribution in [0.3, 0.4) is 0 Å². The zero-order valence-corrected chi connectivity index (χ0v) is 11.4. The maximum atomic E-state index is 12.3. The van der Waals surface area contributed by atoms with E-state index in [0.717, 1.165) is 17.1 Å². The summed E-state index contributed by atoms with van der Waals surface area (Å²) in [5.41, 5.74) is 0. The third-order valence-electron chi connectivity index (χ3n) is 3.04. The van der Waals surface area contributed by atoms with Crippen molar-refractivity contribution >= 4 is 16.2 Å². The number of hydrogen-bond donors (Lipinski definition) is 1. The summed E-state index contributed by atoms with van der Waals surface area (Å²) in [6.45, 7) is 5.94. The van der Waals surface area contributed by atoms with Gasteiger partial charge in [0.1, 0.15) is 6.54 Å². The third kappa shape index (κ3) is 3.79. The number of carboxylic acids is 1. The molecule has 0 aromatic carbocycles. The molecule has 0 unspecified atom stereocenters. The molecule has 1 aliphatic heterocycles. The number of piperidine rings is 1. The minimum absolute atomic E-state index is 0.0146. The number of carboxylic acid groups (broad SMARTS) is 1. The topological polar surface area (TPSA) is 77.9 Å². The minimum Gasteiger partial charge on any atom is -0.480 e. The van der Waals surface area contributed by atoms with Crippen LogP contribution in [0.2, 0.25) is 0 Å². The van der Waals surface area contributed by atoms with Gasteiger partial charge < -0.3 is 5.11 Å².